The Hall–Kier alpha value is -0.480. The molecule has 1 nitrogen and oxygen atoms in total. The molecule has 0 aliphatic heterocycles. The van der Waals surface area contributed by atoms with E-state index in [9.17, 15) is 0 Å². The summed E-state index contributed by atoms with van der Waals surface area (Å²) in [5, 5.41) is 3.35. The van der Waals surface area contributed by atoms with E-state index >= 15 is 0 Å². The topological polar surface area (TPSA) is 12.0 Å². The number of hydrogen-bond acceptors (Lipinski definition) is 1. The lowest BCUT2D eigenvalue weighted by Crippen LogP contribution is -2.21. The van der Waals surface area contributed by atoms with Gasteiger partial charge in [0.2, 0.25) is 0 Å². The third-order valence-corrected chi connectivity index (χ3v) is 2.30. The van der Waals surface area contributed by atoms with Crippen molar-refractivity contribution < 1.29 is 0 Å². The highest BCUT2D eigenvalue weighted by molar-refractivity contribution is 4.97. The summed E-state index contributed by atoms with van der Waals surface area (Å²) in [6.45, 7) is 3.93. The molecule has 0 aromatic heterocycles. The van der Waals surface area contributed by atoms with Crippen LogP contribution in [0.15, 0.2) is 0 Å². The van der Waals surface area contributed by atoms with Gasteiger partial charge in [-0.15, -0.1) is 5.92 Å². The molecule has 1 aliphatic rings. The average Bonchev–Trinajstić information content (AvgIpc) is 2.50. The van der Waals surface area contributed by atoms with Gasteiger partial charge in [0.15, 0.2) is 0 Å². The van der Waals surface area contributed by atoms with Gasteiger partial charge in [-0.2, -0.15) is 0 Å². The maximum absolute atomic E-state index is 3.35. The van der Waals surface area contributed by atoms with Crippen LogP contribution in [0.25, 0.3) is 0 Å². The van der Waals surface area contributed by atoms with Crippen molar-refractivity contribution >= 4 is 0 Å². The van der Waals surface area contributed by atoms with Gasteiger partial charge in [-0.25, -0.2) is 0 Å². The Bertz CT molecular complexity index is 146. The second-order valence-corrected chi connectivity index (χ2v) is 3.21. The highest BCUT2D eigenvalue weighted by Gasteiger charge is 2.13. The molecule has 0 spiro atoms. The van der Waals surface area contributed by atoms with E-state index in [1.165, 1.54) is 32.2 Å². The molecule has 0 amide bonds. The monoisotopic (exact) mass is 151 g/mol. The van der Waals surface area contributed by atoms with Gasteiger partial charge in [0, 0.05) is 0 Å². The van der Waals surface area contributed by atoms with Gasteiger partial charge in [-0.1, -0.05) is 18.8 Å². The molecule has 0 bridgehead atoms. The summed E-state index contributed by atoms with van der Waals surface area (Å²) in [6.07, 6.45) is 5.72. The maximum atomic E-state index is 3.35. The van der Waals surface area contributed by atoms with Crippen LogP contribution in [0, 0.1) is 17.8 Å². The van der Waals surface area contributed by atoms with Crippen LogP contribution in [-0.2, 0) is 0 Å². The van der Waals surface area contributed by atoms with E-state index in [2.05, 4.69) is 17.2 Å². The largest absolute Gasteiger partial charge is 0.306 e. The normalized spacial score (nSPS) is 17.9. The zero-order valence-corrected chi connectivity index (χ0v) is 7.32. The molecule has 1 saturated carbocycles. The standard InChI is InChI=1S/C10H17N/c1-2-3-8-11-9-10-6-4-5-7-10/h10-11H,4-9H2,1H3. The quantitative estimate of drug-likeness (QED) is 0.479. The number of rotatable bonds is 3. The van der Waals surface area contributed by atoms with Crippen LogP contribution in [-0.4, -0.2) is 13.1 Å². The minimum atomic E-state index is 0.868. The molecule has 1 fully saturated rings. The minimum absolute atomic E-state index is 0.868. The second kappa shape index (κ2) is 5.21. The van der Waals surface area contributed by atoms with E-state index in [1.807, 2.05) is 6.92 Å². The van der Waals surface area contributed by atoms with Crippen molar-refractivity contribution in [2.45, 2.75) is 32.6 Å². The predicted molar refractivity (Wildman–Crippen MR) is 48.3 cm³/mol. The van der Waals surface area contributed by atoms with Crippen LogP contribution in [0.4, 0.5) is 0 Å². The SMILES string of the molecule is CC#CCNCC1CCCC1. The van der Waals surface area contributed by atoms with E-state index in [0.717, 1.165) is 12.5 Å². The summed E-state index contributed by atoms with van der Waals surface area (Å²) in [5.41, 5.74) is 0. The van der Waals surface area contributed by atoms with E-state index < -0.39 is 0 Å². The Kier molecular flexibility index (Phi) is 4.08. The van der Waals surface area contributed by atoms with E-state index in [4.69, 9.17) is 0 Å². The Morgan fingerprint density at radius 2 is 2.09 bits per heavy atom. The first-order valence-corrected chi connectivity index (χ1v) is 4.54. The summed E-state index contributed by atoms with van der Waals surface area (Å²) in [5.74, 6) is 6.83. The molecular formula is C10H17N. The molecule has 0 radical (unpaired) electrons. The first-order valence-electron chi connectivity index (χ1n) is 4.54. The lowest BCUT2D eigenvalue weighted by molar-refractivity contribution is 0.507. The van der Waals surface area contributed by atoms with Gasteiger partial charge in [-0.3, -0.25) is 0 Å². The number of nitrogens with one attached hydrogen (secondary N) is 1. The molecule has 1 aliphatic carbocycles. The Labute approximate surface area is 69.6 Å². The van der Waals surface area contributed by atoms with Gasteiger partial charge >= 0.3 is 0 Å². The first kappa shape index (κ1) is 8.62. The van der Waals surface area contributed by atoms with Crippen LogP contribution < -0.4 is 5.32 Å². The third kappa shape index (κ3) is 3.43. The molecule has 0 unspecified atom stereocenters. The van der Waals surface area contributed by atoms with Crippen LogP contribution in [0.3, 0.4) is 0 Å². The fraction of sp³-hybridized carbons (Fsp3) is 0.800. The van der Waals surface area contributed by atoms with Gasteiger partial charge in [0.05, 0.1) is 6.54 Å². The molecule has 1 rings (SSSR count). The van der Waals surface area contributed by atoms with Gasteiger partial charge in [-0.05, 0) is 32.2 Å². The third-order valence-electron chi connectivity index (χ3n) is 2.30. The summed E-state index contributed by atoms with van der Waals surface area (Å²) in [4.78, 5) is 0. The molecule has 0 atom stereocenters. The van der Waals surface area contributed by atoms with Gasteiger partial charge < -0.3 is 5.32 Å². The molecule has 0 aromatic rings. The average molecular weight is 151 g/mol. The van der Waals surface area contributed by atoms with Crippen molar-refractivity contribution in [1.29, 1.82) is 0 Å². The smallest absolute Gasteiger partial charge is 0.0576 e. The molecule has 0 saturated heterocycles. The molecule has 11 heavy (non-hydrogen) atoms. The summed E-state index contributed by atoms with van der Waals surface area (Å²) < 4.78 is 0. The van der Waals surface area contributed by atoms with Crippen molar-refractivity contribution in [2.75, 3.05) is 13.1 Å². The minimum Gasteiger partial charge on any atom is -0.306 e. The molecule has 62 valence electrons. The highest BCUT2D eigenvalue weighted by Crippen LogP contribution is 2.23. The fourth-order valence-corrected chi connectivity index (χ4v) is 1.64. The summed E-state index contributed by atoms with van der Waals surface area (Å²) in [6, 6.07) is 0. The van der Waals surface area contributed by atoms with E-state index in [-0.39, 0.29) is 0 Å². The van der Waals surface area contributed by atoms with Gasteiger partial charge in [0.25, 0.3) is 0 Å². The Morgan fingerprint density at radius 1 is 1.36 bits per heavy atom. The van der Waals surface area contributed by atoms with Crippen LogP contribution in [0.5, 0.6) is 0 Å². The zero-order valence-electron chi connectivity index (χ0n) is 7.32. The fourth-order valence-electron chi connectivity index (χ4n) is 1.64. The highest BCUT2D eigenvalue weighted by atomic mass is 14.8. The van der Waals surface area contributed by atoms with Crippen LogP contribution >= 0.6 is 0 Å². The predicted octanol–water partition coefficient (Wildman–Crippen LogP) is 1.79. The van der Waals surface area contributed by atoms with Gasteiger partial charge in [0.1, 0.15) is 0 Å². The van der Waals surface area contributed by atoms with Crippen molar-refractivity contribution in [3.8, 4) is 11.8 Å². The van der Waals surface area contributed by atoms with Crippen LogP contribution in [0.2, 0.25) is 0 Å². The van der Waals surface area contributed by atoms with Crippen molar-refractivity contribution in [3.05, 3.63) is 0 Å². The van der Waals surface area contributed by atoms with E-state index in [0.29, 0.717) is 0 Å². The van der Waals surface area contributed by atoms with Crippen molar-refractivity contribution in [2.24, 2.45) is 5.92 Å². The van der Waals surface area contributed by atoms with Crippen molar-refractivity contribution in [3.63, 3.8) is 0 Å². The van der Waals surface area contributed by atoms with E-state index in [1.54, 1.807) is 0 Å². The molecular weight excluding hydrogens is 134 g/mol. The number of hydrogen-bond donors (Lipinski definition) is 1. The first-order chi connectivity index (χ1) is 5.43. The van der Waals surface area contributed by atoms with Crippen molar-refractivity contribution in [1.82, 2.24) is 5.32 Å². The summed E-state index contributed by atoms with van der Waals surface area (Å²) >= 11 is 0. The molecule has 0 heterocycles. The molecule has 0 aromatic carbocycles. The zero-order chi connectivity index (χ0) is 7.94. The molecule has 1 heteroatoms. The maximum Gasteiger partial charge on any atom is 0.0576 e. The lowest BCUT2D eigenvalue weighted by Gasteiger charge is -2.07. The summed E-state index contributed by atoms with van der Waals surface area (Å²) in [7, 11) is 0. The second-order valence-electron chi connectivity index (χ2n) is 3.21. The van der Waals surface area contributed by atoms with Crippen LogP contribution in [0.1, 0.15) is 32.6 Å². The molecule has 1 N–H and O–H groups in total. The Balaban J connectivity index is 1.96. The Morgan fingerprint density at radius 3 is 2.73 bits per heavy atom. The lowest BCUT2D eigenvalue weighted by atomic mass is 10.1.